The summed E-state index contributed by atoms with van der Waals surface area (Å²) in [6, 6.07) is 10.4. The van der Waals surface area contributed by atoms with E-state index in [0.717, 1.165) is 12.8 Å². The number of rotatable bonds is 6. The maximum Gasteiger partial charge on any atom is 0.306 e. The summed E-state index contributed by atoms with van der Waals surface area (Å²) in [4.78, 5) is 11.2. The Balaban J connectivity index is 2.25. The second-order valence-electron chi connectivity index (χ2n) is 4.14. The normalized spacial score (nSPS) is 12.1. The quantitative estimate of drug-likeness (QED) is 0.688. The summed E-state index contributed by atoms with van der Waals surface area (Å²) in [5.74, 6) is 0.308. The highest BCUT2D eigenvalue weighted by atomic mass is 16.5. The molecule has 0 spiro atoms. The van der Waals surface area contributed by atoms with E-state index < -0.39 is 0 Å². The first kappa shape index (κ1) is 12.8. The van der Waals surface area contributed by atoms with Crippen molar-refractivity contribution in [1.82, 2.24) is 0 Å². The molecule has 88 valence electrons. The maximum atomic E-state index is 11.2. The third kappa shape index (κ3) is 4.96. The average molecular weight is 220 g/mol. The Labute approximate surface area is 97.6 Å². The highest BCUT2D eigenvalue weighted by Gasteiger charge is 2.09. The zero-order chi connectivity index (χ0) is 11.8. The van der Waals surface area contributed by atoms with Crippen LogP contribution >= 0.6 is 0 Å². The summed E-state index contributed by atoms with van der Waals surface area (Å²) in [6.07, 6.45) is 2.59. The zero-order valence-electron chi connectivity index (χ0n) is 10.1. The van der Waals surface area contributed by atoms with Gasteiger partial charge in [0.2, 0.25) is 0 Å². The largest absolute Gasteiger partial charge is 0.466 e. The lowest BCUT2D eigenvalue weighted by molar-refractivity contribution is -0.144. The molecule has 0 aliphatic heterocycles. The van der Waals surface area contributed by atoms with E-state index in [4.69, 9.17) is 4.74 Å². The van der Waals surface area contributed by atoms with Crippen molar-refractivity contribution in [3.05, 3.63) is 35.9 Å². The Kier molecular flexibility index (Phi) is 5.62. The molecule has 1 unspecified atom stereocenters. The smallest absolute Gasteiger partial charge is 0.306 e. The summed E-state index contributed by atoms with van der Waals surface area (Å²) in [5.41, 5.74) is 1.33. The second-order valence-corrected chi connectivity index (χ2v) is 4.14. The van der Waals surface area contributed by atoms with Gasteiger partial charge in [0.05, 0.1) is 6.61 Å². The van der Waals surface area contributed by atoms with Crippen molar-refractivity contribution in [3.63, 3.8) is 0 Å². The fourth-order valence-corrected chi connectivity index (χ4v) is 1.66. The van der Waals surface area contributed by atoms with E-state index in [-0.39, 0.29) is 5.97 Å². The lowest BCUT2D eigenvalue weighted by Gasteiger charge is -2.10. The molecule has 1 rings (SSSR count). The fraction of sp³-hybridized carbons (Fsp3) is 0.500. The number of carbonyl (C=O) groups excluding carboxylic acids is 1. The number of aryl methyl sites for hydroxylation is 1. The minimum absolute atomic E-state index is 0.0805. The van der Waals surface area contributed by atoms with Crippen LogP contribution in [0.25, 0.3) is 0 Å². The van der Waals surface area contributed by atoms with Crippen LogP contribution in [0.5, 0.6) is 0 Å². The van der Waals surface area contributed by atoms with Gasteiger partial charge < -0.3 is 4.74 Å². The van der Waals surface area contributed by atoms with Crippen LogP contribution < -0.4 is 0 Å². The van der Waals surface area contributed by atoms with Crippen LogP contribution in [0.2, 0.25) is 0 Å². The van der Waals surface area contributed by atoms with E-state index >= 15 is 0 Å². The monoisotopic (exact) mass is 220 g/mol. The number of carbonyl (C=O) groups is 1. The van der Waals surface area contributed by atoms with Gasteiger partial charge in [0.1, 0.15) is 0 Å². The first-order valence-electron chi connectivity index (χ1n) is 5.92. The van der Waals surface area contributed by atoms with Crippen molar-refractivity contribution in [2.45, 2.75) is 33.1 Å². The van der Waals surface area contributed by atoms with E-state index in [0.29, 0.717) is 18.9 Å². The average Bonchev–Trinajstić information content (AvgIpc) is 2.28. The molecular weight excluding hydrogens is 200 g/mol. The molecule has 2 heteroatoms. The maximum absolute atomic E-state index is 11.2. The molecule has 0 N–H and O–H groups in total. The highest BCUT2D eigenvalue weighted by Crippen LogP contribution is 2.13. The topological polar surface area (TPSA) is 26.3 Å². The molecule has 0 saturated carbocycles. The van der Waals surface area contributed by atoms with Crippen LogP contribution in [0.4, 0.5) is 0 Å². The van der Waals surface area contributed by atoms with Gasteiger partial charge in [-0.2, -0.15) is 0 Å². The number of benzene rings is 1. The Morgan fingerprint density at radius 3 is 2.62 bits per heavy atom. The van der Waals surface area contributed by atoms with Gasteiger partial charge in [-0.05, 0) is 31.2 Å². The minimum atomic E-state index is -0.0805. The highest BCUT2D eigenvalue weighted by molar-refractivity contribution is 5.69. The SMILES string of the molecule is CCOC(=O)CC(C)CCc1ccccc1. The van der Waals surface area contributed by atoms with Crippen LogP contribution in [0.3, 0.4) is 0 Å². The van der Waals surface area contributed by atoms with E-state index in [1.54, 1.807) is 0 Å². The second kappa shape index (κ2) is 7.04. The van der Waals surface area contributed by atoms with Crippen molar-refractivity contribution in [2.75, 3.05) is 6.61 Å². The molecule has 2 nitrogen and oxygen atoms in total. The molecule has 0 aliphatic rings. The van der Waals surface area contributed by atoms with Crippen LogP contribution in [-0.4, -0.2) is 12.6 Å². The van der Waals surface area contributed by atoms with Crippen LogP contribution in [0.15, 0.2) is 30.3 Å². The Hall–Kier alpha value is -1.31. The van der Waals surface area contributed by atoms with Crippen molar-refractivity contribution >= 4 is 5.97 Å². The van der Waals surface area contributed by atoms with Crippen LogP contribution in [-0.2, 0) is 16.0 Å². The van der Waals surface area contributed by atoms with E-state index in [1.165, 1.54) is 5.56 Å². The molecule has 0 amide bonds. The third-order valence-electron chi connectivity index (χ3n) is 2.59. The predicted molar refractivity (Wildman–Crippen MR) is 65.2 cm³/mol. The summed E-state index contributed by atoms with van der Waals surface area (Å²) in [5, 5.41) is 0. The van der Waals surface area contributed by atoms with Crippen molar-refractivity contribution in [1.29, 1.82) is 0 Å². The molecule has 0 radical (unpaired) electrons. The summed E-state index contributed by atoms with van der Waals surface area (Å²) in [7, 11) is 0. The van der Waals surface area contributed by atoms with Crippen LogP contribution in [0, 0.1) is 5.92 Å². The molecule has 0 bridgehead atoms. The van der Waals surface area contributed by atoms with Gasteiger partial charge >= 0.3 is 5.97 Å². The molecule has 16 heavy (non-hydrogen) atoms. The van der Waals surface area contributed by atoms with Gasteiger partial charge in [-0.25, -0.2) is 0 Å². The summed E-state index contributed by atoms with van der Waals surface area (Å²) < 4.78 is 4.93. The first-order valence-corrected chi connectivity index (χ1v) is 5.92. The van der Waals surface area contributed by atoms with Crippen molar-refractivity contribution in [2.24, 2.45) is 5.92 Å². The summed E-state index contributed by atoms with van der Waals surface area (Å²) in [6.45, 7) is 4.41. The Morgan fingerprint density at radius 2 is 2.00 bits per heavy atom. The molecular formula is C14H20O2. The van der Waals surface area contributed by atoms with Crippen molar-refractivity contribution in [3.8, 4) is 0 Å². The lowest BCUT2D eigenvalue weighted by Crippen LogP contribution is -2.10. The Bertz CT molecular complexity index is 306. The van der Waals surface area contributed by atoms with Crippen molar-refractivity contribution < 1.29 is 9.53 Å². The predicted octanol–water partition coefficient (Wildman–Crippen LogP) is 3.21. The number of hydrogen-bond donors (Lipinski definition) is 0. The standard InChI is InChI=1S/C14H20O2/c1-3-16-14(15)11-12(2)9-10-13-7-5-4-6-8-13/h4-8,12H,3,9-11H2,1-2H3. The number of esters is 1. The first-order chi connectivity index (χ1) is 7.72. The molecule has 1 aromatic rings. The number of ether oxygens (including phenoxy) is 1. The van der Waals surface area contributed by atoms with E-state index in [2.05, 4.69) is 19.1 Å². The minimum Gasteiger partial charge on any atom is -0.466 e. The van der Waals surface area contributed by atoms with Gasteiger partial charge in [0, 0.05) is 6.42 Å². The molecule has 0 aromatic heterocycles. The van der Waals surface area contributed by atoms with Gasteiger partial charge in [0.25, 0.3) is 0 Å². The molecule has 1 aromatic carbocycles. The van der Waals surface area contributed by atoms with E-state index in [9.17, 15) is 4.79 Å². The number of hydrogen-bond acceptors (Lipinski definition) is 2. The molecule has 0 fully saturated rings. The molecule has 0 heterocycles. The van der Waals surface area contributed by atoms with Gasteiger partial charge in [0.15, 0.2) is 0 Å². The van der Waals surface area contributed by atoms with Gasteiger partial charge in [-0.1, -0.05) is 37.3 Å². The Morgan fingerprint density at radius 1 is 1.31 bits per heavy atom. The lowest BCUT2D eigenvalue weighted by atomic mass is 9.98. The van der Waals surface area contributed by atoms with Gasteiger partial charge in [-0.3, -0.25) is 4.79 Å². The molecule has 0 saturated heterocycles. The van der Waals surface area contributed by atoms with Gasteiger partial charge in [-0.15, -0.1) is 0 Å². The zero-order valence-corrected chi connectivity index (χ0v) is 10.1. The molecule has 0 aliphatic carbocycles. The third-order valence-corrected chi connectivity index (χ3v) is 2.59. The van der Waals surface area contributed by atoms with E-state index in [1.807, 2.05) is 25.1 Å². The fourth-order valence-electron chi connectivity index (χ4n) is 1.66. The van der Waals surface area contributed by atoms with Crippen LogP contribution in [0.1, 0.15) is 32.3 Å². The molecule has 1 atom stereocenters. The summed E-state index contributed by atoms with van der Waals surface area (Å²) >= 11 is 0.